The van der Waals surface area contributed by atoms with Gasteiger partial charge in [-0.15, -0.1) is 0 Å². The van der Waals surface area contributed by atoms with Crippen molar-refractivity contribution in [1.82, 2.24) is 10.3 Å². The molecule has 1 aliphatic heterocycles. The van der Waals surface area contributed by atoms with Gasteiger partial charge in [-0.2, -0.15) is 0 Å². The minimum atomic E-state index is -0.654. The maximum Gasteiger partial charge on any atom is 0.261 e. The molecule has 0 spiro atoms. The van der Waals surface area contributed by atoms with E-state index in [0.29, 0.717) is 30.5 Å². The van der Waals surface area contributed by atoms with Crippen LogP contribution in [0.1, 0.15) is 12.5 Å². The zero-order chi connectivity index (χ0) is 18.4. The predicted molar refractivity (Wildman–Crippen MR) is 101 cm³/mol. The summed E-state index contributed by atoms with van der Waals surface area (Å²) in [6, 6.07) is 10.9. The molecule has 3 rings (SSSR count). The molecule has 1 atom stereocenters. The first kappa shape index (κ1) is 18.5. The van der Waals surface area contributed by atoms with Crippen LogP contribution in [0.25, 0.3) is 0 Å². The maximum atomic E-state index is 12.4. The second-order valence-corrected chi connectivity index (χ2v) is 6.40. The van der Waals surface area contributed by atoms with E-state index in [0.717, 1.165) is 24.5 Å². The summed E-state index contributed by atoms with van der Waals surface area (Å²) in [5.74, 6) is 1.17. The minimum absolute atomic E-state index is 0.207. The summed E-state index contributed by atoms with van der Waals surface area (Å²) in [6.45, 7) is 5.05. The second kappa shape index (κ2) is 8.87. The normalized spacial score (nSPS) is 15.4. The van der Waals surface area contributed by atoms with Gasteiger partial charge < -0.3 is 19.7 Å². The summed E-state index contributed by atoms with van der Waals surface area (Å²) < 4.78 is 11.0. The van der Waals surface area contributed by atoms with Crippen LogP contribution in [-0.4, -0.2) is 43.3 Å². The highest BCUT2D eigenvalue weighted by molar-refractivity contribution is 6.32. The van der Waals surface area contributed by atoms with Crippen LogP contribution >= 0.6 is 11.6 Å². The van der Waals surface area contributed by atoms with Crippen molar-refractivity contribution in [2.24, 2.45) is 0 Å². The Morgan fingerprint density at radius 2 is 2.08 bits per heavy atom. The Kier molecular flexibility index (Phi) is 6.30. The van der Waals surface area contributed by atoms with Gasteiger partial charge in [0.1, 0.15) is 11.6 Å². The summed E-state index contributed by atoms with van der Waals surface area (Å²) in [6.07, 6.45) is 1.11. The van der Waals surface area contributed by atoms with E-state index in [2.05, 4.69) is 15.2 Å². The fourth-order valence-electron chi connectivity index (χ4n) is 2.74. The van der Waals surface area contributed by atoms with Crippen LogP contribution in [0.15, 0.2) is 42.6 Å². The standard InChI is InChI=1S/C19H22ClN3O3/c1-14(26-17-7-3-2-6-16(17)20)19(24)22-13-15-5-4-8-21-18(15)23-9-11-25-12-10-23/h2-8,14H,9-13H2,1H3,(H,22,24). The van der Waals surface area contributed by atoms with Gasteiger partial charge in [0.05, 0.1) is 18.2 Å². The number of carbonyl (C=O) groups excluding carboxylic acids is 1. The van der Waals surface area contributed by atoms with Crippen LogP contribution in [0.3, 0.4) is 0 Å². The number of amides is 1. The van der Waals surface area contributed by atoms with Crippen LogP contribution in [0, 0.1) is 0 Å². The zero-order valence-corrected chi connectivity index (χ0v) is 15.4. The summed E-state index contributed by atoms with van der Waals surface area (Å²) in [5, 5.41) is 3.39. The number of carbonyl (C=O) groups is 1. The summed E-state index contributed by atoms with van der Waals surface area (Å²) in [4.78, 5) is 19.0. The molecule has 6 nitrogen and oxygen atoms in total. The van der Waals surface area contributed by atoms with Gasteiger partial charge >= 0.3 is 0 Å². The average Bonchev–Trinajstić information content (AvgIpc) is 2.68. The Hall–Kier alpha value is -2.31. The first-order valence-corrected chi connectivity index (χ1v) is 8.98. The molecule has 1 aromatic heterocycles. The number of ether oxygens (including phenoxy) is 2. The van der Waals surface area contributed by atoms with Crippen LogP contribution < -0.4 is 15.0 Å². The molecule has 0 saturated carbocycles. The largest absolute Gasteiger partial charge is 0.479 e. The van der Waals surface area contributed by atoms with E-state index in [4.69, 9.17) is 21.1 Å². The molecule has 1 fully saturated rings. The summed E-state index contributed by atoms with van der Waals surface area (Å²) in [7, 11) is 0. The predicted octanol–water partition coefficient (Wildman–Crippen LogP) is 2.66. The lowest BCUT2D eigenvalue weighted by atomic mass is 10.2. The quantitative estimate of drug-likeness (QED) is 0.841. The van der Waals surface area contributed by atoms with Gasteiger partial charge in [0.25, 0.3) is 5.91 Å². The average molecular weight is 376 g/mol. The zero-order valence-electron chi connectivity index (χ0n) is 14.7. The van der Waals surface area contributed by atoms with Crippen molar-refractivity contribution < 1.29 is 14.3 Å². The van der Waals surface area contributed by atoms with Crippen molar-refractivity contribution in [3.8, 4) is 5.75 Å². The number of aromatic nitrogens is 1. The van der Waals surface area contributed by atoms with Gasteiger partial charge in [-0.3, -0.25) is 4.79 Å². The smallest absolute Gasteiger partial charge is 0.261 e. The van der Waals surface area contributed by atoms with E-state index >= 15 is 0 Å². The number of benzene rings is 1. The number of morpholine rings is 1. The molecule has 1 unspecified atom stereocenters. The monoisotopic (exact) mass is 375 g/mol. The molecule has 138 valence electrons. The Balaban J connectivity index is 1.60. The van der Waals surface area contributed by atoms with Crippen molar-refractivity contribution in [3.05, 3.63) is 53.2 Å². The van der Waals surface area contributed by atoms with Crippen molar-refractivity contribution >= 4 is 23.3 Å². The second-order valence-electron chi connectivity index (χ2n) is 5.99. The number of pyridine rings is 1. The van der Waals surface area contributed by atoms with Crippen LogP contribution in [-0.2, 0) is 16.1 Å². The number of rotatable bonds is 6. The third-order valence-electron chi connectivity index (χ3n) is 4.14. The Morgan fingerprint density at radius 3 is 2.85 bits per heavy atom. The van der Waals surface area contributed by atoms with Crippen molar-refractivity contribution in [2.75, 3.05) is 31.2 Å². The first-order valence-electron chi connectivity index (χ1n) is 8.60. The first-order chi connectivity index (χ1) is 12.6. The number of nitrogens with zero attached hydrogens (tertiary/aromatic N) is 2. The number of hydrogen-bond donors (Lipinski definition) is 1. The van der Waals surface area contributed by atoms with Gasteiger partial charge in [-0.1, -0.05) is 29.8 Å². The van der Waals surface area contributed by atoms with E-state index in [1.165, 1.54) is 0 Å². The fraction of sp³-hybridized carbons (Fsp3) is 0.368. The molecule has 1 amide bonds. The highest BCUT2D eigenvalue weighted by atomic mass is 35.5. The molecular formula is C19H22ClN3O3. The Morgan fingerprint density at radius 1 is 1.31 bits per heavy atom. The lowest BCUT2D eigenvalue weighted by molar-refractivity contribution is -0.127. The molecule has 1 aromatic carbocycles. The molecule has 1 aliphatic rings. The molecule has 2 aromatic rings. The van der Waals surface area contributed by atoms with Crippen LogP contribution in [0.2, 0.25) is 5.02 Å². The van der Waals surface area contributed by atoms with Gasteiger partial charge in [-0.05, 0) is 25.1 Å². The molecule has 1 saturated heterocycles. The number of nitrogens with one attached hydrogen (secondary N) is 1. The fourth-order valence-corrected chi connectivity index (χ4v) is 2.92. The number of para-hydroxylation sites is 1. The van der Waals surface area contributed by atoms with E-state index in [9.17, 15) is 4.79 Å². The molecule has 2 heterocycles. The number of hydrogen-bond acceptors (Lipinski definition) is 5. The van der Waals surface area contributed by atoms with Crippen molar-refractivity contribution in [2.45, 2.75) is 19.6 Å². The Bertz CT molecular complexity index is 750. The molecule has 26 heavy (non-hydrogen) atoms. The maximum absolute atomic E-state index is 12.4. The van der Waals surface area contributed by atoms with Gasteiger partial charge in [-0.25, -0.2) is 4.98 Å². The van der Waals surface area contributed by atoms with E-state index in [-0.39, 0.29) is 5.91 Å². The van der Waals surface area contributed by atoms with Gasteiger partial charge in [0.2, 0.25) is 0 Å². The third-order valence-corrected chi connectivity index (χ3v) is 4.45. The lowest BCUT2D eigenvalue weighted by Crippen LogP contribution is -2.39. The van der Waals surface area contributed by atoms with Crippen LogP contribution in [0.5, 0.6) is 5.75 Å². The molecular weight excluding hydrogens is 354 g/mol. The molecule has 0 bridgehead atoms. The number of anilines is 1. The van der Waals surface area contributed by atoms with E-state index < -0.39 is 6.10 Å². The summed E-state index contributed by atoms with van der Waals surface area (Å²) in [5.41, 5.74) is 0.965. The topological polar surface area (TPSA) is 63.7 Å². The lowest BCUT2D eigenvalue weighted by Gasteiger charge is -2.29. The molecule has 0 aliphatic carbocycles. The SMILES string of the molecule is CC(Oc1ccccc1Cl)C(=O)NCc1cccnc1N1CCOCC1. The highest BCUT2D eigenvalue weighted by Gasteiger charge is 2.19. The highest BCUT2D eigenvalue weighted by Crippen LogP contribution is 2.24. The van der Waals surface area contributed by atoms with Crippen LogP contribution in [0.4, 0.5) is 5.82 Å². The van der Waals surface area contributed by atoms with Crippen molar-refractivity contribution in [3.63, 3.8) is 0 Å². The third kappa shape index (κ3) is 4.65. The van der Waals surface area contributed by atoms with E-state index in [1.807, 2.05) is 24.3 Å². The molecule has 7 heteroatoms. The molecule has 0 radical (unpaired) electrons. The Labute approximate surface area is 158 Å². The van der Waals surface area contributed by atoms with Crippen molar-refractivity contribution in [1.29, 1.82) is 0 Å². The molecule has 1 N–H and O–H groups in total. The van der Waals surface area contributed by atoms with E-state index in [1.54, 1.807) is 25.3 Å². The number of halogens is 1. The van der Waals surface area contributed by atoms with Gasteiger partial charge in [0, 0.05) is 31.4 Å². The summed E-state index contributed by atoms with van der Waals surface area (Å²) >= 11 is 6.07. The minimum Gasteiger partial charge on any atom is -0.479 e. The van der Waals surface area contributed by atoms with Gasteiger partial charge in [0.15, 0.2) is 6.10 Å².